The second kappa shape index (κ2) is 4.22. The van der Waals surface area contributed by atoms with Gasteiger partial charge in [-0.3, -0.25) is 0 Å². The Bertz CT molecular complexity index is 301. The van der Waals surface area contributed by atoms with Gasteiger partial charge < -0.3 is 5.32 Å². The summed E-state index contributed by atoms with van der Waals surface area (Å²) in [5, 5.41) is 3.28. The molecule has 1 aromatic carbocycles. The molecule has 1 aliphatic heterocycles. The van der Waals surface area contributed by atoms with E-state index in [0.29, 0.717) is 11.7 Å². The van der Waals surface area contributed by atoms with Crippen molar-refractivity contribution in [3.63, 3.8) is 0 Å². The molecule has 14 heavy (non-hydrogen) atoms. The maximum absolute atomic E-state index is 13.4. The van der Waals surface area contributed by atoms with Crippen LogP contribution in [0.1, 0.15) is 12.0 Å². The molecule has 0 aliphatic carbocycles. The molecule has 0 aromatic heterocycles. The number of benzene rings is 1. The zero-order valence-corrected chi connectivity index (χ0v) is 9.03. The molecular weight excluding hydrogens is 197 g/mol. The number of para-hydroxylation sites is 1. The van der Waals surface area contributed by atoms with E-state index in [-0.39, 0.29) is 5.82 Å². The normalized spacial score (nSPS) is 21.1. The average Bonchev–Trinajstić information content (AvgIpc) is 2.64. The van der Waals surface area contributed by atoms with E-state index < -0.39 is 0 Å². The molecule has 2 rings (SSSR count). The van der Waals surface area contributed by atoms with Crippen LogP contribution >= 0.6 is 11.8 Å². The number of anilines is 1. The van der Waals surface area contributed by atoms with Crippen molar-refractivity contribution in [3.8, 4) is 0 Å². The molecule has 0 bridgehead atoms. The summed E-state index contributed by atoms with van der Waals surface area (Å²) in [6.07, 6.45) is 1.14. The van der Waals surface area contributed by atoms with Crippen LogP contribution in [0, 0.1) is 12.7 Å². The van der Waals surface area contributed by atoms with Gasteiger partial charge in [-0.2, -0.15) is 11.8 Å². The molecule has 1 saturated heterocycles. The van der Waals surface area contributed by atoms with Crippen molar-refractivity contribution in [2.45, 2.75) is 19.4 Å². The molecule has 0 amide bonds. The predicted molar refractivity (Wildman–Crippen MR) is 60.5 cm³/mol. The van der Waals surface area contributed by atoms with Crippen molar-refractivity contribution < 1.29 is 4.39 Å². The third-order valence-electron chi connectivity index (χ3n) is 2.50. The zero-order valence-electron chi connectivity index (χ0n) is 8.22. The minimum atomic E-state index is -0.137. The van der Waals surface area contributed by atoms with Gasteiger partial charge in [0.05, 0.1) is 5.69 Å². The van der Waals surface area contributed by atoms with Gasteiger partial charge in [0.25, 0.3) is 0 Å². The highest BCUT2D eigenvalue weighted by molar-refractivity contribution is 7.99. The van der Waals surface area contributed by atoms with Crippen LogP contribution in [0.3, 0.4) is 0 Å². The predicted octanol–water partition coefficient (Wildman–Crippen LogP) is 3.05. The SMILES string of the molecule is Cc1cccc(F)c1NC1CCSC1. The van der Waals surface area contributed by atoms with Crippen LogP contribution in [-0.2, 0) is 0 Å². The van der Waals surface area contributed by atoms with Crippen molar-refractivity contribution in [3.05, 3.63) is 29.6 Å². The molecule has 0 spiro atoms. The average molecular weight is 211 g/mol. The molecule has 1 N–H and O–H groups in total. The van der Waals surface area contributed by atoms with Gasteiger partial charge in [0.2, 0.25) is 0 Å². The van der Waals surface area contributed by atoms with Crippen molar-refractivity contribution in [1.29, 1.82) is 0 Å². The summed E-state index contributed by atoms with van der Waals surface area (Å²) in [6, 6.07) is 5.64. The Kier molecular flexibility index (Phi) is 2.96. The summed E-state index contributed by atoms with van der Waals surface area (Å²) in [5.74, 6) is 2.14. The van der Waals surface area contributed by atoms with E-state index in [1.165, 1.54) is 11.8 Å². The molecule has 1 aliphatic rings. The fraction of sp³-hybridized carbons (Fsp3) is 0.455. The highest BCUT2D eigenvalue weighted by Crippen LogP contribution is 2.25. The molecule has 1 fully saturated rings. The fourth-order valence-corrected chi connectivity index (χ4v) is 2.82. The fourth-order valence-electron chi connectivity index (χ4n) is 1.67. The lowest BCUT2D eigenvalue weighted by Gasteiger charge is -2.15. The Morgan fingerprint density at radius 1 is 1.50 bits per heavy atom. The maximum Gasteiger partial charge on any atom is 0.146 e. The van der Waals surface area contributed by atoms with E-state index in [1.807, 2.05) is 24.8 Å². The molecule has 1 nitrogen and oxygen atoms in total. The third kappa shape index (κ3) is 2.03. The number of hydrogen-bond acceptors (Lipinski definition) is 2. The number of thioether (sulfide) groups is 1. The summed E-state index contributed by atoms with van der Waals surface area (Å²) in [5.41, 5.74) is 1.67. The summed E-state index contributed by atoms with van der Waals surface area (Å²) in [6.45, 7) is 1.94. The molecule has 1 atom stereocenters. The first kappa shape index (κ1) is 9.84. The van der Waals surface area contributed by atoms with Crippen LogP contribution < -0.4 is 5.32 Å². The second-order valence-electron chi connectivity index (χ2n) is 3.64. The van der Waals surface area contributed by atoms with Crippen molar-refractivity contribution >= 4 is 17.4 Å². The molecule has 1 heterocycles. The van der Waals surface area contributed by atoms with Crippen molar-refractivity contribution in [1.82, 2.24) is 0 Å². The van der Waals surface area contributed by atoms with Gasteiger partial charge in [0, 0.05) is 11.8 Å². The first-order valence-corrected chi connectivity index (χ1v) is 6.02. The minimum absolute atomic E-state index is 0.137. The summed E-state index contributed by atoms with van der Waals surface area (Å²) >= 11 is 1.93. The lowest BCUT2D eigenvalue weighted by molar-refractivity contribution is 0.625. The van der Waals surface area contributed by atoms with Crippen LogP contribution in [0.5, 0.6) is 0 Å². The van der Waals surface area contributed by atoms with Gasteiger partial charge in [0.1, 0.15) is 5.82 Å². The quantitative estimate of drug-likeness (QED) is 0.807. The Morgan fingerprint density at radius 2 is 2.36 bits per heavy atom. The van der Waals surface area contributed by atoms with Crippen LogP contribution in [0.15, 0.2) is 18.2 Å². The third-order valence-corrected chi connectivity index (χ3v) is 3.66. The minimum Gasteiger partial charge on any atom is -0.379 e. The van der Waals surface area contributed by atoms with Crippen LogP contribution in [0.4, 0.5) is 10.1 Å². The second-order valence-corrected chi connectivity index (χ2v) is 4.79. The standard InChI is InChI=1S/C11H14FNS/c1-8-3-2-4-10(12)11(8)13-9-5-6-14-7-9/h2-4,9,13H,5-7H2,1H3. The lowest BCUT2D eigenvalue weighted by Crippen LogP contribution is -2.19. The summed E-state index contributed by atoms with van der Waals surface area (Å²) in [7, 11) is 0. The highest BCUT2D eigenvalue weighted by atomic mass is 32.2. The summed E-state index contributed by atoms with van der Waals surface area (Å²) < 4.78 is 13.4. The largest absolute Gasteiger partial charge is 0.379 e. The van der Waals surface area contributed by atoms with Crippen LogP contribution in [0.25, 0.3) is 0 Å². The van der Waals surface area contributed by atoms with Crippen molar-refractivity contribution in [2.24, 2.45) is 0 Å². The van der Waals surface area contributed by atoms with Crippen LogP contribution in [-0.4, -0.2) is 17.5 Å². The van der Waals surface area contributed by atoms with Gasteiger partial charge in [-0.05, 0) is 30.7 Å². The first-order valence-electron chi connectivity index (χ1n) is 4.87. The van der Waals surface area contributed by atoms with Crippen molar-refractivity contribution in [2.75, 3.05) is 16.8 Å². The molecule has 1 unspecified atom stereocenters. The lowest BCUT2D eigenvalue weighted by atomic mass is 10.1. The number of rotatable bonds is 2. The summed E-state index contributed by atoms with van der Waals surface area (Å²) in [4.78, 5) is 0. The van der Waals surface area contributed by atoms with E-state index in [0.717, 1.165) is 17.7 Å². The maximum atomic E-state index is 13.4. The Hall–Kier alpha value is -0.700. The highest BCUT2D eigenvalue weighted by Gasteiger charge is 2.17. The van der Waals surface area contributed by atoms with E-state index in [1.54, 1.807) is 6.07 Å². The Labute approximate surface area is 88.1 Å². The van der Waals surface area contributed by atoms with Gasteiger partial charge in [0.15, 0.2) is 0 Å². The molecule has 0 saturated carbocycles. The Morgan fingerprint density at radius 3 is 3.00 bits per heavy atom. The van der Waals surface area contributed by atoms with E-state index in [9.17, 15) is 4.39 Å². The van der Waals surface area contributed by atoms with Gasteiger partial charge in [-0.15, -0.1) is 0 Å². The van der Waals surface area contributed by atoms with Gasteiger partial charge in [-0.1, -0.05) is 12.1 Å². The van der Waals surface area contributed by atoms with Gasteiger partial charge in [-0.25, -0.2) is 4.39 Å². The topological polar surface area (TPSA) is 12.0 Å². The number of aryl methyl sites for hydroxylation is 1. The van der Waals surface area contributed by atoms with E-state index in [2.05, 4.69) is 5.32 Å². The number of hydrogen-bond donors (Lipinski definition) is 1. The smallest absolute Gasteiger partial charge is 0.146 e. The molecular formula is C11H14FNS. The van der Waals surface area contributed by atoms with E-state index in [4.69, 9.17) is 0 Å². The molecule has 0 radical (unpaired) electrons. The molecule has 76 valence electrons. The Balaban J connectivity index is 2.14. The van der Waals surface area contributed by atoms with E-state index >= 15 is 0 Å². The monoisotopic (exact) mass is 211 g/mol. The van der Waals surface area contributed by atoms with Gasteiger partial charge >= 0.3 is 0 Å². The molecule has 1 aromatic rings. The van der Waals surface area contributed by atoms with Crippen LogP contribution in [0.2, 0.25) is 0 Å². The number of halogens is 1. The molecule has 3 heteroatoms. The number of nitrogens with one attached hydrogen (secondary N) is 1. The zero-order chi connectivity index (χ0) is 9.97. The first-order chi connectivity index (χ1) is 6.77.